The lowest BCUT2D eigenvalue weighted by Crippen LogP contribution is -2.09. The molecule has 0 aromatic rings. The fraction of sp³-hybridized carbons (Fsp3) is 1.00. The zero-order valence-electron chi connectivity index (χ0n) is 4.90. The lowest BCUT2D eigenvalue weighted by Gasteiger charge is -2.08. The van der Waals surface area contributed by atoms with E-state index in [4.69, 9.17) is 0 Å². The molecule has 3 atom stereocenters. The maximum atomic E-state index is 2.58. The van der Waals surface area contributed by atoms with E-state index in [0.29, 0.717) is 0 Å². The van der Waals surface area contributed by atoms with Crippen LogP contribution in [0.5, 0.6) is 0 Å². The molecule has 0 bridgehead atoms. The van der Waals surface area contributed by atoms with Gasteiger partial charge in [-0.3, -0.25) is 0 Å². The molecule has 1 aliphatic carbocycles. The Morgan fingerprint density at radius 1 is 1.25 bits per heavy atom. The van der Waals surface area contributed by atoms with Gasteiger partial charge in [-0.15, -0.1) is 0 Å². The van der Waals surface area contributed by atoms with Crippen LogP contribution in [0.2, 0.25) is 0 Å². The lowest BCUT2D eigenvalue weighted by molar-refractivity contribution is 0.639. The molecule has 1 fully saturated rings. The normalized spacial score (nSPS) is 47.6. The highest BCUT2D eigenvalue weighted by Gasteiger charge is 2.28. The van der Waals surface area contributed by atoms with Gasteiger partial charge < -0.3 is 0 Å². The van der Waals surface area contributed by atoms with Crippen LogP contribution in [-0.4, -0.2) is 7.85 Å². The summed E-state index contributed by atoms with van der Waals surface area (Å²) in [6.45, 7) is 2.36. The molecule has 1 saturated carbocycles. The first kappa shape index (κ1) is 7.57. The summed E-state index contributed by atoms with van der Waals surface area (Å²) in [5.74, 6) is 0.970. The molecule has 0 aromatic heterocycles. The largest absolute Gasteiger partial charge is 0.0815 e. The van der Waals surface area contributed by atoms with Gasteiger partial charge in [0.1, 0.15) is 0 Å². The molecule has 1 aliphatic rings. The number of alkyl halides is 2. The first-order chi connectivity index (χ1) is 3.72. The van der Waals surface area contributed by atoms with Gasteiger partial charge in [0.15, 0.2) is 0 Å². The number of hydrogen-bond acceptors (Lipinski definition) is 0. The summed E-state index contributed by atoms with van der Waals surface area (Å²) in [6, 6.07) is 0. The highest BCUT2D eigenvalue weighted by molar-refractivity contribution is 14.1. The first-order valence-electron chi connectivity index (χ1n) is 3.00. The molecular formula is C6H10I2. The molecule has 48 valence electrons. The van der Waals surface area contributed by atoms with Crippen molar-refractivity contribution in [3.8, 4) is 0 Å². The van der Waals surface area contributed by atoms with Crippen molar-refractivity contribution in [1.82, 2.24) is 0 Å². The molecule has 8 heavy (non-hydrogen) atoms. The van der Waals surface area contributed by atoms with Crippen molar-refractivity contribution in [2.75, 3.05) is 0 Å². The van der Waals surface area contributed by atoms with Gasteiger partial charge in [0.05, 0.1) is 0 Å². The van der Waals surface area contributed by atoms with Crippen LogP contribution < -0.4 is 0 Å². The molecule has 3 unspecified atom stereocenters. The van der Waals surface area contributed by atoms with E-state index in [-0.39, 0.29) is 0 Å². The van der Waals surface area contributed by atoms with Crippen LogP contribution in [0.1, 0.15) is 19.8 Å². The molecule has 0 aliphatic heterocycles. The number of hydrogen-bond donors (Lipinski definition) is 0. The molecule has 0 aromatic carbocycles. The van der Waals surface area contributed by atoms with Crippen molar-refractivity contribution in [3.05, 3.63) is 0 Å². The van der Waals surface area contributed by atoms with E-state index in [1.54, 1.807) is 0 Å². The van der Waals surface area contributed by atoms with Crippen molar-refractivity contribution in [1.29, 1.82) is 0 Å². The third-order valence-electron chi connectivity index (χ3n) is 1.79. The molecule has 2 heteroatoms. The van der Waals surface area contributed by atoms with Crippen molar-refractivity contribution >= 4 is 45.2 Å². The first-order valence-corrected chi connectivity index (χ1v) is 5.49. The average molecular weight is 336 g/mol. The zero-order valence-corrected chi connectivity index (χ0v) is 9.22. The summed E-state index contributed by atoms with van der Waals surface area (Å²) in [5, 5.41) is 0. The van der Waals surface area contributed by atoms with E-state index >= 15 is 0 Å². The van der Waals surface area contributed by atoms with Gasteiger partial charge in [0, 0.05) is 7.85 Å². The van der Waals surface area contributed by atoms with Crippen LogP contribution in [0.4, 0.5) is 0 Å². The maximum Gasteiger partial charge on any atom is 0.0253 e. The van der Waals surface area contributed by atoms with Crippen molar-refractivity contribution in [2.45, 2.75) is 27.6 Å². The van der Waals surface area contributed by atoms with Gasteiger partial charge in [0.2, 0.25) is 0 Å². The van der Waals surface area contributed by atoms with Crippen LogP contribution in [0.3, 0.4) is 0 Å². The van der Waals surface area contributed by atoms with Crippen LogP contribution >= 0.6 is 45.2 Å². The van der Waals surface area contributed by atoms with E-state index in [9.17, 15) is 0 Å². The minimum Gasteiger partial charge on any atom is -0.0815 e. The molecule has 0 spiro atoms. The Labute approximate surface area is 78.1 Å². The highest BCUT2D eigenvalue weighted by atomic mass is 127. The van der Waals surface area contributed by atoms with Gasteiger partial charge in [-0.1, -0.05) is 52.1 Å². The van der Waals surface area contributed by atoms with Crippen molar-refractivity contribution in [3.63, 3.8) is 0 Å². The van der Waals surface area contributed by atoms with Gasteiger partial charge in [0.25, 0.3) is 0 Å². The van der Waals surface area contributed by atoms with Crippen LogP contribution in [0.25, 0.3) is 0 Å². The van der Waals surface area contributed by atoms with Crippen LogP contribution in [0, 0.1) is 5.92 Å². The summed E-state index contributed by atoms with van der Waals surface area (Å²) in [6.07, 6.45) is 2.89. The molecule has 0 amide bonds. The van der Waals surface area contributed by atoms with E-state index in [1.807, 2.05) is 0 Å². The molecule has 0 saturated heterocycles. The van der Waals surface area contributed by atoms with E-state index in [2.05, 4.69) is 52.1 Å². The Morgan fingerprint density at radius 2 is 1.88 bits per heavy atom. The van der Waals surface area contributed by atoms with Gasteiger partial charge >= 0.3 is 0 Å². The fourth-order valence-electron chi connectivity index (χ4n) is 1.10. The van der Waals surface area contributed by atoms with E-state index in [1.165, 1.54) is 12.8 Å². The minimum atomic E-state index is 0.938. The van der Waals surface area contributed by atoms with Crippen molar-refractivity contribution in [2.24, 2.45) is 5.92 Å². The summed E-state index contributed by atoms with van der Waals surface area (Å²) in [5.41, 5.74) is 0. The number of halogens is 2. The second-order valence-corrected chi connectivity index (χ2v) is 5.55. The summed E-state index contributed by atoms with van der Waals surface area (Å²) in [4.78, 5) is 0. The quantitative estimate of drug-likeness (QED) is 0.471. The highest BCUT2D eigenvalue weighted by Crippen LogP contribution is 2.36. The van der Waals surface area contributed by atoms with E-state index in [0.717, 1.165) is 13.8 Å². The Morgan fingerprint density at radius 3 is 2.00 bits per heavy atom. The standard InChI is InChI=1S/C6H10I2/c1-4-2-3-5(7)6(4)8/h4-6H,2-3H2,1H3. The molecule has 0 radical (unpaired) electrons. The molecule has 0 nitrogen and oxygen atoms in total. The molecule has 0 N–H and O–H groups in total. The Kier molecular flexibility index (Phi) is 2.87. The van der Waals surface area contributed by atoms with Gasteiger partial charge in [-0.05, 0) is 18.8 Å². The Hall–Kier alpha value is 1.46. The molecule has 0 heterocycles. The van der Waals surface area contributed by atoms with Crippen LogP contribution in [0.15, 0.2) is 0 Å². The second kappa shape index (κ2) is 3.03. The minimum absolute atomic E-state index is 0.938. The smallest absolute Gasteiger partial charge is 0.0253 e. The predicted octanol–water partition coefficient (Wildman–Crippen LogP) is 3.02. The third-order valence-corrected chi connectivity index (χ3v) is 6.66. The molecule has 1 rings (SSSR count). The average Bonchev–Trinajstić information content (AvgIpc) is 1.98. The summed E-state index contributed by atoms with van der Waals surface area (Å²) >= 11 is 5.14. The maximum absolute atomic E-state index is 2.58. The third kappa shape index (κ3) is 1.49. The monoisotopic (exact) mass is 336 g/mol. The fourth-order valence-corrected chi connectivity index (χ4v) is 2.88. The number of rotatable bonds is 0. The Balaban J connectivity index is 2.44. The predicted molar refractivity (Wildman–Crippen MR) is 54.0 cm³/mol. The van der Waals surface area contributed by atoms with Gasteiger partial charge in [-0.2, -0.15) is 0 Å². The van der Waals surface area contributed by atoms with Gasteiger partial charge in [-0.25, -0.2) is 0 Å². The van der Waals surface area contributed by atoms with E-state index < -0.39 is 0 Å². The summed E-state index contributed by atoms with van der Waals surface area (Å²) in [7, 11) is 0. The lowest BCUT2D eigenvalue weighted by atomic mass is 10.1. The molecular weight excluding hydrogens is 326 g/mol. The zero-order chi connectivity index (χ0) is 6.15. The van der Waals surface area contributed by atoms with Crippen LogP contribution in [-0.2, 0) is 0 Å². The SMILES string of the molecule is CC1CCC(I)C1I. The summed E-state index contributed by atoms with van der Waals surface area (Å²) < 4.78 is 1.89. The Bertz CT molecular complexity index is 72.6. The second-order valence-electron chi connectivity index (χ2n) is 2.52. The topological polar surface area (TPSA) is 0 Å². The van der Waals surface area contributed by atoms with Crippen molar-refractivity contribution < 1.29 is 0 Å².